The maximum atomic E-state index is 6.35. The summed E-state index contributed by atoms with van der Waals surface area (Å²) in [5, 5.41) is 6.74. The lowest BCUT2D eigenvalue weighted by molar-refractivity contribution is 0.657. The zero-order chi connectivity index (χ0) is 14.8. The molecule has 0 radical (unpaired) electrons. The lowest BCUT2D eigenvalue weighted by Gasteiger charge is -2.12. The topological polar surface area (TPSA) is 43.8 Å². The van der Waals surface area contributed by atoms with Crippen molar-refractivity contribution < 1.29 is 0 Å². The van der Waals surface area contributed by atoms with E-state index in [9.17, 15) is 0 Å². The van der Waals surface area contributed by atoms with Gasteiger partial charge in [-0.25, -0.2) is 0 Å². The number of nitrogens with two attached hydrogens (primary N) is 1. The van der Waals surface area contributed by atoms with Gasteiger partial charge in [0, 0.05) is 23.3 Å². The molecule has 0 aliphatic rings. The van der Waals surface area contributed by atoms with Crippen LogP contribution in [-0.4, -0.2) is 9.78 Å². The van der Waals surface area contributed by atoms with Crippen molar-refractivity contribution in [1.29, 1.82) is 0 Å². The summed E-state index contributed by atoms with van der Waals surface area (Å²) in [6, 6.07) is 12.7. The summed E-state index contributed by atoms with van der Waals surface area (Å²) in [6.45, 7) is 2.97. The zero-order valence-electron chi connectivity index (χ0n) is 12.0. The Morgan fingerprint density at radius 1 is 1.19 bits per heavy atom. The van der Waals surface area contributed by atoms with Crippen LogP contribution in [0.1, 0.15) is 24.1 Å². The first kappa shape index (κ1) is 14.3. The fourth-order valence-electron chi connectivity index (χ4n) is 2.52. The van der Waals surface area contributed by atoms with Crippen molar-refractivity contribution in [3.63, 3.8) is 0 Å². The van der Waals surface area contributed by atoms with Crippen molar-refractivity contribution in [3.8, 4) is 0 Å². The molecule has 0 saturated heterocycles. The van der Waals surface area contributed by atoms with Crippen LogP contribution >= 0.6 is 15.9 Å². The summed E-state index contributed by atoms with van der Waals surface area (Å²) in [5.41, 5.74) is 8.69. The molecule has 2 N–H and O–H groups in total. The van der Waals surface area contributed by atoms with Crippen molar-refractivity contribution in [2.75, 3.05) is 0 Å². The van der Waals surface area contributed by atoms with Gasteiger partial charge in [0.1, 0.15) is 0 Å². The number of aryl methyl sites for hydroxylation is 1. The molecule has 0 fully saturated rings. The van der Waals surface area contributed by atoms with Gasteiger partial charge in [0.15, 0.2) is 0 Å². The second-order valence-electron chi connectivity index (χ2n) is 5.27. The van der Waals surface area contributed by atoms with Gasteiger partial charge in [-0.2, -0.15) is 5.10 Å². The summed E-state index contributed by atoms with van der Waals surface area (Å²) >= 11 is 3.50. The predicted molar refractivity (Wildman–Crippen MR) is 90.2 cm³/mol. The second-order valence-corrected chi connectivity index (χ2v) is 6.18. The molecule has 1 atom stereocenters. The third-order valence-electron chi connectivity index (χ3n) is 3.72. The third kappa shape index (κ3) is 3.17. The van der Waals surface area contributed by atoms with E-state index in [1.807, 2.05) is 10.9 Å². The van der Waals surface area contributed by atoms with E-state index in [4.69, 9.17) is 5.73 Å². The largest absolute Gasteiger partial charge is 0.324 e. The van der Waals surface area contributed by atoms with Crippen molar-refractivity contribution in [1.82, 2.24) is 9.78 Å². The van der Waals surface area contributed by atoms with Gasteiger partial charge in [0.25, 0.3) is 0 Å². The highest BCUT2D eigenvalue weighted by Crippen LogP contribution is 2.24. The minimum Gasteiger partial charge on any atom is -0.324 e. The van der Waals surface area contributed by atoms with E-state index in [1.54, 1.807) is 0 Å². The molecular weight excluding hydrogens is 326 g/mol. The van der Waals surface area contributed by atoms with Crippen LogP contribution in [0.2, 0.25) is 0 Å². The van der Waals surface area contributed by atoms with Gasteiger partial charge in [-0.1, -0.05) is 34.1 Å². The van der Waals surface area contributed by atoms with Crippen LogP contribution in [0.3, 0.4) is 0 Å². The van der Waals surface area contributed by atoms with Gasteiger partial charge in [-0.05, 0) is 53.4 Å². The monoisotopic (exact) mass is 343 g/mol. The van der Waals surface area contributed by atoms with Crippen LogP contribution < -0.4 is 5.73 Å². The standard InChI is InChI=1S/C17H18BrN3/c1-2-21-11-12(10-20-21)7-17(19)15-4-3-14-9-16(18)6-5-13(14)8-15/h3-6,8-11,17H,2,7,19H2,1H3. The Bertz CT molecular complexity index is 764. The van der Waals surface area contributed by atoms with E-state index in [2.05, 4.69) is 70.5 Å². The maximum Gasteiger partial charge on any atom is 0.0522 e. The van der Waals surface area contributed by atoms with Crippen LogP contribution in [0.5, 0.6) is 0 Å². The number of nitrogens with zero attached hydrogens (tertiary/aromatic N) is 2. The van der Waals surface area contributed by atoms with Gasteiger partial charge >= 0.3 is 0 Å². The highest BCUT2D eigenvalue weighted by Gasteiger charge is 2.09. The molecule has 108 valence electrons. The van der Waals surface area contributed by atoms with Crippen LogP contribution in [0.15, 0.2) is 53.3 Å². The fourth-order valence-corrected chi connectivity index (χ4v) is 2.90. The molecule has 21 heavy (non-hydrogen) atoms. The van der Waals surface area contributed by atoms with E-state index in [0.29, 0.717) is 0 Å². The fraction of sp³-hybridized carbons (Fsp3) is 0.235. The summed E-state index contributed by atoms with van der Waals surface area (Å²) in [4.78, 5) is 0. The molecule has 0 bridgehead atoms. The number of halogens is 1. The first-order chi connectivity index (χ1) is 10.2. The van der Waals surface area contributed by atoms with Gasteiger partial charge in [0.05, 0.1) is 6.20 Å². The predicted octanol–water partition coefficient (Wildman–Crippen LogP) is 4.06. The highest BCUT2D eigenvalue weighted by molar-refractivity contribution is 9.10. The minimum atomic E-state index is -0.00690. The minimum absolute atomic E-state index is 0.00690. The molecular formula is C17H18BrN3. The number of fused-ring (bicyclic) bond motifs is 1. The van der Waals surface area contributed by atoms with Gasteiger partial charge in [-0.15, -0.1) is 0 Å². The molecule has 0 spiro atoms. The van der Waals surface area contributed by atoms with E-state index < -0.39 is 0 Å². The van der Waals surface area contributed by atoms with E-state index in [0.717, 1.165) is 23.0 Å². The summed E-state index contributed by atoms with van der Waals surface area (Å²) in [7, 11) is 0. The summed E-state index contributed by atoms with van der Waals surface area (Å²) in [6.07, 6.45) is 4.78. The second kappa shape index (κ2) is 6.00. The van der Waals surface area contributed by atoms with E-state index >= 15 is 0 Å². The molecule has 1 aromatic heterocycles. The number of aromatic nitrogens is 2. The quantitative estimate of drug-likeness (QED) is 0.776. The number of rotatable bonds is 4. The molecule has 4 heteroatoms. The Morgan fingerprint density at radius 3 is 2.71 bits per heavy atom. The first-order valence-corrected chi connectivity index (χ1v) is 7.91. The first-order valence-electron chi connectivity index (χ1n) is 7.12. The molecule has 0 saturated carbocycles. The summed E-state index contributed by atoms with van der Waals surface area (Å²) in [5.74, 6) is 0. The molecule has 1 heterocycles. The molecule has 0 aliphatic carbocycles. The molecule has 0 aliphatic heterocycles. The van der Waals surface area contributed by atoms with Gasteiger partial charge in [-0.3, -0.25) is 4.68 Å². The molecule has 1 unspecified atom stereocenters. The Labute approximate surface area is 132 Å². The smallest absolute Gasteiger partial charge is 0.0522 e. The van der Waals surface area contributed by atoms with Crippen LogP contribution in [0, 0.1) is 0 Å². The van der Waals surface area contributed by atoms with Crippen molar-refractivity contribution in [2.45, 2.75) is 25.9 Å². The normalized spacial score (nSPS) is 12.7. The Kier molecular flexibility index (Phi) is 4.08. The van der Waals surface area contributed by atoms with Crippen LogP contribution in [0.25, 0.3) is 10.8 Å². The third-order valence-corrected chi connectivity index (χ3v) is 4.21. The van der Waals surface area contributed by atoms with Gasteiger partial charge in [0.2, 0.25) is 0 Å². The average molecular weight is 344 g/mol. The molecule has 3 rings (SSSR count). The molecule has 0 amide bonds. The molecule has 3 aromatic rings. The molecule has 2 aromatic carbocycles. The van der Waals surface area contributed by atoms with E-state index in [-0.39, 0.29) is 6.04 Å². The van der Waals surface area contributed by atoms with Crippen molar-refractivity contribution in [3.05, 3.63) is 64.4 Å². The lowest BCUT2D eigenvalue weighted by Crippen LogP contribution is -2.13. The summed E-state index contributed by atoms with van der Waals surface area (Å²) < 4.78 is 3.03. The van der Waals surface area contributed by atoms with Crippen molar-refractivity contribution in [2.24, 2.45) is 5.73 Å². The van der Waals surface area contributed by atoms with Crippen LogP contribution in [0.4, 0.5) is 0 Å². The Hall–Kier alpha value is -1.65. The highest BCUT2D eigenvalue weighted by atomic mass is 79.9. The molecule has 3 nitrogen and oxygen atoms in total. The van der Waals surface area contributed by atoms with Crippen LogP contribution in [-0.2, 0) is 13.0 Å². The lowest BCUT2D eigenvalue weighted by atomic mass is 9.98. The number of hydrogen-bond acceptors (Lipinski definition) is 2. The maximum absolute atomic E-state index is 6.35. The van der Waals surface area contributed by atoms with Gasteiger partial charge < -0.3 is 5.73 Å². The number of benzene rings is 2. The average Bonchev–Trinajstić information content (AvgIpc) is 2.94. The van der Waals surface area contributed by atoms with Crippen molar-refractivity contribution >= 4 is 26.7 Å². The Morgan fingerprint density at radius 2 is 1.95 bits per heavy atom. The SMILES string of the molecule is CCn1cc(CC(N)c2ccc3cc(Br)ccc3c2)cn1. The number of hydrogen-bond donors (Lipinski definition) is 1. The zero-order valence-corrected chi connectivity index (χ0v) is 13.5. The van der Waals surface area contributed by atoms with E-state index in [1.165, 1.54) is 16.3 Å². The Balaban J connectivity index is 1.83.